The lowest BCUT2D eigenvalue weighted by molar-refractivity contribution is 0.191. The van der Waals surface area contributed by atoms with Crippen molar-refractivity contribution in [2.24, 2.45) is 5.73 Å². The number of nitrogens with two attached hydrogens (primary N) is 1. The third kappa shape index (κ3) is 11.0. The molecule has 20 heavy (non-hydrogen) atoms. The predicted molar refractivity (Wildman–Crippen MR) is 85.0 cm³/mol. The molecule has 0 aliphatic carbocycles. The number of carbonyl (C=O) groups excluding carboxylic acids is 1. The van der Waals surface area contributed by atoms with Gasteiger partial charge < -0.3 is 25.8 Å². The topological polar surface area (TPSA) is 64.8 Å². The van der Waals surface area contributed by atoms with Crippen molar-refractivity contribution < 1.29 is 4.79 Å². The largest absolute Gasteiger partial charge is 0.338 e. The van der Waals surface area contributed by atoms with Gasteiger partial charge in [-0.25, -0.2) is 4.79 Å². The summed E-state index contributed by atoms with van der Waals surface area (Å²) in [5.41, 5.74) is 5.44. The summed E-state index contributed by atoms with van der Waals surface area (Å²) in [6.07, 6.45) is 2.83. The van der Waals surface area contributed by atoms with E-state index in [0.717, 1.165) is 45.4 Å². The maximum Gasteiger partial charge on any atom is 0.317 e. The van der Waals surface area contributed by atoms with Crippen molar-refractivity contribution in [2.45, 2.75) is 19.3 Å². The minimum atomic E-state index is 0.0379. The van der Waals surface area contributed by atoms with Crippen LogP contribution < -0.4 is 11.1 Å². The summed E-state index contributed by atoms with van der Waals surface area (Å²) in [7, 11) is 8.21. The van der Waals surface area contributed by atoms with Crippen LogP contribution in [0.3, 0.4) is 0 Å². The number of hydrogen-bond donors (Lipinski definition) is 2. The lowest BCUT2D eigenvalue weighted by Crippen LogP contribution is -2.42. The second-order valence-electron chi connectivity index (χ2n) is 5.67. The highest BCUT2D eigenvalue weighted by Gasteiger charge is 2.12. The Hall–Kier alpha value is -0.850. The molecule has 0 aromatic rings. The van der Waals surface area contributed by atoms with E-state index >= 15 is 0 Å². The molecule has 0 radical (unpaired) electrons. The molecule has 0 aromatic carbocycles. The van der Waals surface area contributed by atoms with Crippen LogP contribution in [0.4, 0.5) is 4.79 Å². The molecular weight excluding hydrogens is 254 g/mol. The van der Waals surface area contributed by atoms with Gasteiger partial charge in [-0.3, -0.25) is 0 Å². The maximum atomic E-state index is 12.1. The molecule has 0 fully saturated rings. The standard InChI is InChI=1S/C14H33N5O/c1-17(2)10-6-12-19(13-7-11-18(3)4)14(20)16-9-5-8-15/h5-13,15H2,1-4H3,(H,16,20). The Morgan fingerprint density at radius 1 is 0.900 bits per heavy atom. The van der Waals surface area contributed by atoms with Gasteiger partial charge in [0.05, 0.1) is 0 Å². The zero-order valence-electron chi connectivity index (χ0n) is 13.7. The first kappa shape index (κ1) is 19.1. The van der Waals surface area contributed by atoms with Crippen molar-refractivity contribution in [3.63, 3.8) is 0 Å². The van der Waals surface area contributed by atoms with Crippen LogP contribution in [0.1, 0.15) is 19.3 Å². The molecule has 6 nitrogen and oxygen atoms in total. The van der Waals surface area contributed by atoms with Crippen LogP contribution in [0.5, 0.6) is 0 Å². The van der Waals surface area contributed by atoms with E-state index in [4.69, 9.17) is 5.73 Å². The van der Waals surface area contributed by atoms with Gasteiger partial charge in [-0.05, 0) is 67.1 Å². The zero-order chi connectivity index (χ0) is 15.4. The fourth-order valence-corrected chi connectivity index (χ4v) is 1.88. The van der Waals surface area contributed by atoms with Gasteiger partial charge in [0.25, 0.3) is 0 Å². The van der Waals surface area contributed by atoms with Gasteiger partial charge >= 0.3 is 6.03 Å². The van der Waals surface area contributed by atoms with E-state index in [1.807, 2.05) is 4.90 Å². The molecule has 0 aromatic heterocycles. The fraction of sp³-hybridized carbons (Fsp3) is 0.929. The molecule has 3 N–H and O–H groups in total. The van der Waals surface area contributed by atoms with Crippen LogP contribution in [0.2, 0.25) is 0 Å². The number of nitrogens with zero attached hydrogens (tertiary/aromatic N) is 3. The molecule has 0 saturated carbocycles. The molecule has 120 valence electrons. The quantitative estimate of drug-likeness (QED) is 0.535. The molecule has 0 aliphatic heterocycles. The van der Waals surface area contributed by atoms with Gasteiger partial charge in [0.1, 0.15) is 0 Å². The Morgan fingerprint density at radius 2 is 1.40 bits per heavy atom. The normalized spacial score (nSPS) is 11.2. The fourth-order valence-electron chi connectivity index (χ4n) is 1.88. The zero-order valence-corrected chi connectivity index (χ0v) is 13.7. The van der Waals surface area contributed by atoms with Crippen LogP contribution in [0, 0.1) is 0 Å². The van der Waals surface area contributed by atoms with Crippen molar-refractivity contribution >= 4 is 6.03 Å². The highest BCUT2D eigenvalue weighted by molar-refractivity contribution is 5.74. The Bertz CT molecular complexity index is 232. The summed E-state index contributed by atoms with van der Waals surface area (Å²) < 4.78 is 0. The van der Waals surface area contributed by atoms with E-state index in [1.165, 1.54) is 0 Å². The van der Waals surface area contributed by atoms with Crippen LogP contribution in [-0.4, -0.2) is 88.2 Å². The molecule has 0 atom stereocenters. The van der Waals surface area contributed by atoms with Crippen LogP contribution in [-0.2, 0) is 0 Å². The van der Waals surface area contributed by atoms with Gasteiger partial charge in [-0.1, -0.05) is 0 Å². The summed E-state index contributed by atoms with van der Waals surface area (Å²) in [4.78, 5) is 18.3. The molecule has 0 heterocycles. The van der Waals surface area contributed by atoms with E-state index < -0.39 is 0 Å². The number of rotatable bonds is 11. The van der Waals surface area contributed by atoms with Gasteiger partial charge in [-0.15, -0.1) is 0 Å². The molecule has 0 spiro atoms. The van der Waals surface area contributed by atoms with Gasteiger partial charge in [0.15, 0.2) is 0 Å². The van der Waals surface area contributed by atoms with E-state index in [-0.39, 0.29) is 6.03 Å². The monoisotopic (exact) mass is 287 g/mol. The van der Waals surface area contributed by atoms with Crippen LogP contribution in [0.25, 0.3) is 0 Å². The first-order valence-electron chi connectivity index (χ1n) is 7.49. The second kappa shape index (κ2) is 11.9. The van der Waals surface area contributed by atoms with Crippen molar-refractivity contribution in [1.82, 2.24) is 20.0 Å². The highest BCUT2D eigenvalue weighted by Crippen LogP contribution is 1.98. The molecule has 0 bridgehead atoms. The third-order valence-electron chi connectivity index (χ3n) is 3.01. The van der Waals surface area contributed by atoms with Gasteiger partial charge in [-0.2, -0.15) is 0 Å². The van der Waals surface area contributed by atoms with Crippen molar-refractivity contribution in [1.29, 1.82) is 0 Å². The summed E-state index contributed by atoms with van der Waals surface area (Å²) in [5, 5.41) is 2.94. The minimum Gasteiger partial charge on any atom is -0.338 e. The Kier molecular flexibility index (Phi) is 11.4. The molecule has 0 rings (SSSR count). The lowest BCUT2D eigenvalue weighted by atomic mass is 10.3. The lowest BCUT2D eigenvalue weighted by Gasteiger charge is -2.24. The average molecular weight is 287 g/mol. The third-order valence-corrected chi connectivity index (χ3v) is 3.01. The van der Waals surface area contributed by atoms with Crippen molar-refractivity contribution in [2.75, 3.05) is 67.5 Å². The molecular formula is C14H33N5O. The average Bonchev–Trinajstić information content (AvgIpc) is 2.36. The number of carbonyl (C=O) groups is 1. The molecule has 0 aliphatic rings. The van der Waals surface area contributed by atoms with E-state index in [1.54, 1.807) is 0 Å². The first-order chi connectivity index (χ1) is 9.47. The van der Waals surface area contributed by atoms with Crippen LogP contribution >= 0.6 is 0 Å². The maximum absolute atomic E-state index is 12.1. The number of amides is 2. The van der Waals surface area contributed by atoms with E-state index in [0.29, 0.717) is 13.1 Å². The number of nitrogens with one attached hydrogen (secondary N) is 1. The summed E-state index contributed by atoms with van der Waals surface area (Å²) in [6.45, 7) is 4.88. The Labute approximate surface area is 124 Å². The SMILES string of the molecule is CN(C)CCCN(CCCN(C)C)C(=O)NCCCN. The molecule has 0 unspecified atom stereocenters. The van der Waals surface area contributed by atoms with E-state index in [2.05, 4.69) is 43.3 Å². The Balaban J connectivity index is 4.11. The smallest absolute Gasteiger partial charge is 0.317 e. The Morgan fingerprint density at radius 3 is 1.80 bits per heavy atom. The predicted octanol–water partition coefficient (Wildman–Crippen LogP) is 0.250. The van der Waals surface area contributed by atoms with Gasteiger partial charge in [0, 0.05) is 19.6 Å². The summed E-state index contributed by atoms with van der Waals surface area (Å²) in [6, 6.07) is 0.0379. The van der Waals surface area contributed by atoms with Crippen molar-refractivity contribution in [3.05, 3.63) is 0 Å². The molecule has 0 saturated heterocycles. The summed E-state index contributed by atoms with van der Waals surface area (Å²) in [5.74, 6) is 0. The summed E-state index contributed by atoms with van der Waals surface area (Å²) >= 11 is 0. The highest BCUT2D eigenvalue weighted by atomic mass is 16.2. The number of hydrogen-bond acceptors (Lipinski definition) is 4. The molecule has 2 amide bonds. The van der Waals surface area contributed by atoms with Gasteiger partial charge in [0.2, 0.25) is 0 Å². The van der Waals surface area contributed by atoms with Crippen molar-refractivity contribution in [3.8, 4) is 0 Å². The van der Waals surface area contributed by atoms with Crippen LogP contribution in [0.15, 0.2) is 0 Å². The number of urea groups is 1. The minimum absolute atomic E-state index is 0.0379. The van der Waals surface area contributed by atoms with E-state index in [9.17, 15) is 4.79 Å². The second-order valence-corrected chi connectivity index (χ2v) is 5.67. The first-order valence-corrected chi connectivity index (χ1v) is 7.49. The molecule has 6 heteroatoms.